The maximum atomic E-state index is 13.8. The number of amides is 1. The van der Waals surface area contributed by atoms with E-state index in [0.717, 1.165) is 17.0 Å². The topological polar surface area (TPSA) is 105 Å². The molecule has 0 radical (unpaired) electrons. The summed E-state index contributed by atoms with van der Waals surface area (Å²) in [5.74, 6) is -0.879. The van der Waals surface area contributed by atoms with Gasteiger partial charge in [0.05, 0.1) is 21.6 Å². The number of carbonyl (C=O) groups excluding carboxylic acids is 1. The normalized spacial score (nSPS) is 11.5. The van der Waals surface area contributed by atoms with E-state index in [4.69, 9.17) is 0 Å². The largest absolute Gasteiger partial charge is 0.348 e. The van der Waals surface area contributed by atoms with Crippen molar-refractivity contribution in [1.29, 1.82) is 0 Å². The van der Waals surface area contributed by atoms with E-state index in [-0.39, 0.29) is 22.2 Å². The molecule has 2 heterocycles. The number of hydrogen-bond donors (Lipinski definition) is 2. The number of aromatic nitrogens is 3. The molecule has 0 saturated heterocycles. The van der Waals surface area contributed by atoms with Crippen molar-refractivity contribution in [3.63, 3.8) is 0 Å². The molecule has 152 valence electrons. The highest BCUT2D eigenvalue weighted by Crippen LogP contribution is 2.23. The van der Waals surface area contributed by atoms with Crippen LogP contribution < -0.4 is 5.32 Å². The Bertz CT molecular complexity index is 1350. The number of H-pyrrole nitrogens is 1. The zero-order valence-electron chi connectivity index (χ0n) is 15.9. The summed E-state index contributed by atoms with van der Waals surface area (Å²) in [5.41, 5.74) is 2.08. The lowest BCUT2D eigenvalue weighted by atomic mass is 10.2. The predicted octanol–water partition coefficient (Wildman–Crippen LogP) is 3.17. The number of fused-ring (bicyclic) bond motifs is 1. The minimum atomic E-state index is -3.83. The number of hydrogen-bond acceptors (Lipinski definition) is 5. The highest BCUT2D eigenvalue weighted by molar-refractivity contribution is 7.91. The van der Waals surface area contributed by atoms with Gasteiger partial charge in [-0.15, -0.1) is 0 Å². The van der Waals surface area contributed by atoms with Crippen LogP contribution in [0.15, 0.2) is 70.7 Å². The number of rotatable bonds is 5. The molecule has 0 atom stereocenters. The summed E-state index contributed by atoms with van der Waals surface area (Å²) < 4.78 is 39.1. The maximum absolute atomic E-state index is 13.8. The van der Waals surface area contributed by atoms with Crippen molar-refractivity contribution in [2.45, 2.75) is 23.3 Å². The second kappa shape index (κ2) is 7.68. The summed E-state index contributed by atoms with van der Waals surface area (Å²) >= 11 is 0. The first-order chi connectivity index (χ1) is 14.3. The number of nitrogens with one attached hydrogen (secondary N) is 2. The zero-order chi connectivity index (χ0) is 21.3. The van der Waals surface area contributed by atoms with Crippen LogP contribution in [0.4, 0.5) is 4.39 Å². The highest BCUT2D eigenvalue weighted by atomic mass is 32.2. The molecule has 0 spiro atoms. The molecular formula is C21H17FN4O3S. The lowest BCUT2D eigenvalue weighted by molar-refractivity contribution is 0.0950. The van der Waals surface area contributed by atoms with Crippen molar-refractivity contribution in [2.75, 3.05) is 0 Å². The van der Waals surface area contributed by atoms with Gasteiger partial charge in [-0.2, -0.15) is 5.10 Å². The molecule has 30 heavy (non-hydrogen) atoms. The quantitative estimate of drug-likeness (QED) is 0.512. The van der Waals surface area contributed by atoms with Gasteiger partial charge >= 0.3 is 0 Å². The van der Waals surface area contributed by atoms with Crippen molar-refractivity contribution in [1.82, 2.24) is 20.5 Å². The van der Waals surface area contributed by atoms with Crippen molar-refractivity contribution >= 4 is 26.8 Å². The molecule has 2 aromatic heterocycles. The fraction of sp³-hybridized carbons (Fsp3) is 0.0952. The standard InChI is InChI=1S/C21H17FN4O3S/c1-13-2-5-18(9-19(13)22)30(28,29)17-6-3-14(4-7-17)10-24-21(27)16-8-15-12-25-26-20(15)23-11-16/h2-9,11-12H,10H2,1H3,(H,24,27)(H,23,25,26). The van der Waals surface area contributed by atoms with Crippen LogP contribution in [0.2, 0.25) is 0 Å². The van der Waals surface area contributed by atoms with Gasteiger partial charge in [0, 0.05) is 18.1 Å². The number of aromatic amines is 1. The van der Waals surface area contributed by atoms with E-state index >= 15 is 0 Å². The molecule has 1 amide bonds. The van der Waals surface area contributed by atoms with E-state index in [1.165, 1.54) is 30.5 Å². The number of pyridine rings is 1. The van der Waals surface area contributed by atoms with Gasteiger partial charge in [-0.3, -0.25) is 9.89 Å². The summed E-state index contributed by atoms with van der Waals surface area (Å²) in [6, 6.07) is 11.6. The lowest BCUT2D eigenvalue weighted by Gasteiger charge is -2.08. The Labute approximate surface area is 171 Å². The van der Waals surface area contributed by atoms with Crippen molar-refractivity contribution < 1.29 is 17.6 Å². The monoisotopic (exact) mass is 424 g/mol. The van der Waals surface area contributed by atoms with Crippen LogP contribution in [0.5, 0.6) is 0 Å². The molecule has 0 aliphatic heterocycles. The molecule has 0 unspecified atom stereocenters. The fourth-order valence-corrected chi connectivity index (χ4v) is 4.18. The minimum Gasteiger partial charge on any atom is -0.348 e. The minimum absolute atomic E-state index is 0.0513. The average Bonchev–Trinajstić information content (AvgIpc) is 3.22. The summed E-state index contributed by atoms with van der Waals surface area (Å²) in [5, 5.41) is 10.1. The van der Waals surface area contributed by atoms with Gasteiger partial charge in [0.2, 0.25) is 9.84 Å². The van der Waals surface area contributed by atoms with Gasteiger partial charge in [0.25, 0.3) is 5.91 Å². The number of carbonyl (C=O) groups is 1. The van der Waals surface area contributed by atoms with Crippen LogP contribution in [0.25, 0.3) is 11.0 Å². The SMILES string of the molecule is Cc1ccc(S(=O)(=O)c2ccc(CNC(=O)c3cnc4[nH]ncc4c3)cc2)cc1F. The first-order valence-electron chi connectivity index (χ1n) is 9.02. The Morgan fingerprint density at radius 3 is 2.53 bits per heavy atom. The Kier molecular flexibility index (Phi) is 5.04. The van der Waals surface area contributed by atoms with Crippen LogP contribution in [-0.4, -0.2) is 29.5 Å². The van der Waals surface area contributed by atoms with Crippen molar-refractivity contribution in [2.24, 2.45) is 0 Å². The third-order valence-corrected chi connectivity index (χ3v) is 6.46. The molecule has 0 aliphatic rings. The molecule has 4 rings (SSSR count). The maximum Gasteiger partial charge on any atom is 0.253 e. The third-order valence-electron chi connectivity index (χ3n) is 4.69. The first-order valence-corrected chi connectivity index (χ1v) is 10.5. The van der Waals surface area contributed by atoms with Crippen molar-refractivity contribution in [3.8, 4) is 0 Å². The predicted molar refractivity (Wildman–Crippen MR) is 108 cm³/mol. The summed E-state index contributed by atoms with van der Waals surface area (Å²) in [6.07, 6.45) is 3.03. The van der Waals surface area contributed by atoms with Gasteiger partial charge in [0.1, 0.15) is 5.82 Å². The van der Waals surface area contributed by atoms with Gasteiger partial charge in [-0.05, 0) is 48.4 Å². The molecule has 0 fully saturated rings. The van der Waals surface area contributed by atoms with E-state index < -0.39 is 15.7 Å². The Morgan fingerprint density at radius 1 is 1.07 bits per heavy atom. The first kappa shape index (κ1) is 19.7. The number of halogens is 1. The van der Waals surface area contributed by atoms with Crippen LogP contribution >= 0.6 is 0 Å². The highest BCUT2D eigenvalue weighted by Gasteiger charge is 2.19. The van der Waals surface area contributed by atoms with E-state index in [0.29, 0.717) is 16.8 Å². The van der Waals surface area contributed by atoms with Crippen molar-refractivity contribution in [3.05, 3.63) is 83.4 Å². The molecule has 0 aliphatic carbocycles. The van der Waals surface area contributed by atoms with E-state index in [1.807, 2.05) is 0 Å². The molecule has 2 aromatic carbocycles. The average molecular weight is 424 g/mol. The summed E-state index contributed by atoms with van der Waals surface area (Å²) in [7, 11) is -3.83. The number of sulfone groups is 1. The summed E-state index contributed by atoms with van der Waals surface area (Å²) in [4.78, 5) is 16.4. The zero-order valence-corrected chi connectivity index (χ0v) is 16.7. The fourth-order valence-electron chi connectivity index (χ4n) is 2.91. The smallest absolute Gasteiger partial charge is 0.253 e. The van der Waals surface area contributed by atoms with Gasteiger partial charge in [0.15, 0.2) is 5.65 Å². The molecule has 0 bridgehead atoms. The Balaban J connectivity index is 1.46. The van der Waals surface area contributed by atoms with Crippen LogP contribution in [0, 0.1) is 12.7 Å². The molecule has 9 heteroatoms. The van der Waals surface area contributed by atoms with Gasteiger partial charge in [-0.1, -0.05) is 18.2 Å². The van der Waals surface area contributed by atoms with Crippen LogP contribution in [0.1, 0.15) is 21.5 Å². The van der Waals surface area contributed by atoms with Crippen LogP contribution in [-0.2, 0) is 16.4 Å². The molecular weight excluding hydrogens is 407 g/mol. The number of aryl methyl sites for hydroxylation is 1. The molecule has 4 aromatic rings. The molecule has 2 N–H and O–H groups in total. The third kappa shape index (κ3) is 3.79. The Morgan fingerprint density at radius 2 is 1.80 bits per heavy atom. The molecule has 0 saturated carbocycles. The second-order valence-corrected chi connectivity index (χ2v) is 8.72. The number of benzene rings is 2. The molecule has 7 nitrogen and oxygen atoms in total. The second-order valence-electron chi connectivity index (χ2n) is 6.77. The van der Waals surface area contributed by atoms with Gasteiger partial charge < -0.3 is 5.32 Å². The lowest BCUT2D eigenvalue weighted by Crippen LogP contribution is -2.22. The Hall–Kier alpha value is -3.59. The number of nitrogens with zero attached hydrogens (tertiary/aromatic N) is 2. The van der Waals surface area contributed by atoms with Crippen LogP contribution in [0.3, 0.4) is 0 Å². The van der Waals surface area contributed by atoms with E-state index in [9.17, 15) is 17.6 Å². The van der Waals surface area contributed by atoms with Gasteiger partial charge in [-0.25, -0.2) is 17.8 Å². The van der Waals surface area contributed by atoms with E-state index in [2.05, 4.69) is 20.5 Å². The summed E-state index contributed by atoms with van der Waals surface area (Å²) in [6.45, 7) is 1.78. The van der Waals surface area contributed by atoms with E-state index in [1.54, 1.807) is 31.3 Å².